The molecule has 2 aromatic carbocycles. The van der Waals surface area contributed by atoms with Crippen LogP contribution in [-0.4, -0.2) is 27.4 Å². The maximum atomic E-state index is 6.99. The van der Waals surface area contributed by atoms with Crippen LogP contribution in [0.5, 0.6) is 5.75 Å². The number of ether oxygens (including phenoxy) is 2. The number of hydrogen-bond acceptors (Lipinski definition) is 4. The van der Waals surface area contributed by atoms with Gasteiger partial charge in [0.1, 0.15) is 18.0 Å². The zero-order valence-corrected chi connectivity index (χ0v) is 22.1. The van der Waals surface area contributed by atoms with Gasteiger partial charge in [-0.2, -0.15) is 0 Å². The third kappa shape index (κ3) is 5.26. The molecule has 0 aromatic heterocycles. The molecule has 1 heterocycles. The fraction of sp³-hybridized carbons (Fsp3) is 0.519. The van der Waals surface area contributed by atoms with E-state index in [1.54, 1.807) is 7.11 Å². The van der Waals surface area contributed by atoms with E-state index >= 15 is 0 Å². The van der Waals surface area contributed by atoms with E-state index in [1.807, 2.05) is 30.3 Å². The van der Waals surface area contributed by atoms with Crippen molar-refractivity contribution in [3.05, 3.63) is 60.2 Å². The standard InChI is InChI=1S/C27H39NO3Si/c1-26(2,3)22-24(30-25(22)28-20-15-17-21(29-7)18-16-20)23(19-13-11-10-12-14-19)31-32(8,9)27(4,5)6/h10-18,22-24H,1-9H3/t22-,23+,24+/m1/s1. The van der Waals surface area contributed by atoms with Gasteiger partial charge in [0, 0.05) is 0 Å². The highest BCUT2D eigenvalue weighted by atomic mass is 28.4. The Balaban J connectivity index is 1.96. The van der Waals surface area contributed by atoms with Crippen molar-refractivity contribution < 1.29 is 13.9 Å². The molecule has 0 unspecified atom stereocenters. The summed E-state index contributed by atoms with van der Waals surface area (Å²) in [5, 5.41) is 0.112. The molecule has 0 N–H and O–H groups in total. The Bertz CT molecular complexity index is 924. The Labute approximate surface area is 195 Å². The molecule has 5 heteroatoms. The van der Waals surface area contributed by atoms with Gasteiger partial charge in [0.15, 0.2) is 14.2 Å². The predicted octanol–water partition coefficient (Wildman–Crippen LogP) is 7.55. The molecule has 2 aromatic rings. The summed E-state index contributed by atoms with van der Waals surface area (Å²) in [5.74, 6) is 1.76. The van der Waals surface area contributed by atoms with E-state index in [2.05, 4.69) is 78.9 Å². The van der Waals surface area contributed by atoms with Gasteiger partial charge in [0.25, 0.3) is 0 Å². The molecular weight excluding hydrogens is 414 g/mol. The zero-order valence-electron chi connectivity index (χ0n) is 21.1. The second-order valence-corrected chi connectivity index (χ2v) is 16.0. The summed E-state index contributed by atoms with van der Waals surface area (Å²) in [5.41, 5.74) is 2.02. The summed E-state index contributed by atoms with van der Waals surface area (Å²) < 4.78 is 18.7. The minimum absolute atomic E-state index is 0.0158. The molecule has 3 rings (SSSR count). The van der Waals surface area contributed by atoms with E-state index in [1.165, 1.54) is 5.56 Å². The van der Waals surface area contributed by atoms with Crippen molar-refractivity contribution in [2.24, 2.45) is 16.3 Å². The highest BCUT2D eigenvalue weighted by Crippen LogP contribution is 2.49. The van der Waals surface area contributed by atoms with Gasteiger partial charge >= 0.3 is 0 Å². The SMILES string of the molecule is COc1ccc(N=C2O[C@H]([C@@H](O[Si](C)(C)C(C)(C)C)c3ccccc3)[C@H]2C(C)(C)C)cc1. The quantitative estimate of drug-likeness (QED) is 0.424. The molecule has 0 saturated carbocycles. The first-order valence-electron chi connectivity index (χ1n) is 11.5. The molecule has 4 nitrogen and oxygen atoms in total. The predicted molar refractivity (Wildman–Crippen MR) is 135 cm³/mol. The molecule has 0 radical (unpaired) electrons. The van der Waals surface area contributed by atoms with Crippen molar-refractivity contribution in [2.75, 3.05) is 7.11 Å². The molecule has 174 valence electrons. The lowest BCUT2D eigenvalue weighted by molar-refractivity contribution is -0.0744. The van der Waals surface area contributed by atoms with E-state index in [0.717, 1.165) is 17.3 Å². The maximum Gasteiger partial charge on any atom is 0.196 e. The van der Waals surface area contributed by atoms with Crippen LogP contribution in [0.25, 0.3) is 0 Å². The van der Waals surface area contributed by atoms with E-state index in [0.29, 0.717) is 0 Å². The highest BCUT2D eigenvalue weighted by molar-refractivity contribution is 6.74. The number of aliphatic imine (C=N–C) groups is 1. The Morgan fingerprint density at radius 3 is 2.00 bits per heavy atom. The molecule has 1 aliphatic rings. The number of nitrogens with zero attached hydrogens (tertiary/aromatic N) is 1. The largest absolute Gasteiger partial charge is 0.497 e. The van der Waals surface area contributed by atoms with Crippen molar-refractivity contribution >= 4 is 19.9 Å². The normalized spacial score (nSPS) is 21.6. The number of benzene rings is 2. The molecule has 0 bridgehead atoms. The summed E-state index contributed by atoms with van der Waals surface area (Å²) in [6.07, 6.45) is -0.209. The summed E-state index contributed by atoms with van der Waals surface area (Å²) in [7, 11) is -0.356. The van der Waals surface area contributed by atoms with Crippen LogP contribution in [0.2, 0.25) is 18.1 Å². The second kappa shape index (κ2) is 9.03. The lowest BCUT2D eigenvalue weighted by atomic mass is 9.71. The fourth-order valence-electron chi connectivity index (χ4n) is 3.79. The second-order valence-electron chi connectivity index (χ2n) is 11.3. The number of hydrogen-bond donors (Lipinski definition) is 0. The van der Waals surface area contributed by atoms with E-state index in [9.17, 15) is 0 Å². The molecule has 1 fully saturated rings. The third-order valence-electron chi connectivity index (χ3n) is 6.75. The Kier molecular flexibility index (Phi) is 6.92. The first kappa shape index (κ1) is 24.5. The van der Waals surface area contributed by atoms with E-state index in [4.69, 9.17) is 18.9 Å². The van der Waals surface area contributed by atoms with Gasteiger partial charge in [-0.1, -0.05) is 71.9 Å². The Morgan fingerprint density at radius 1 is 0.906 bits per heavy atom. The van der Waals surface area contributed by atoms with Gasteiger partial charge in [-0.25, -0.2) is 4.99 Å². The maximum absolute atomic E-state index is 6.99. The van der Waals surface area contributed by atoms with Gasteiger partial charge in [-0.15, -0.1) is 0 Å². The zero-order chi connectivity index (χ0) is 23.7. The molecular formula is C27H39NO3Si. The van der Waals surface area contributed by atoms with Gasteiger partial charge in [0.05, 0.1) is 18.7 Å². The van der Waals surface area contributed by atoms with E-state index < -0.39 is 8.32 Å². The van der Waals surface area contributed by atoms with Crippen molar-refractivity contribution in [3.63, 3.8) is 0 Å². The Hall–Kier alpha value is -2.11. The minimum atomic E-state index is -2.03. The van der Waals surface area contributed by atoms with Crippen LogP contribution in [-0.2, 0) is 9.16 Å². The Morgan fingerprint density at radius 2 is 1.50 bits per heavy atom. The average Bonchev–Trinajstić information content (AvgIpc) is 2.68. The highest BCUT2D eigenvalue weighted by Gasteiger charge is 2.54. The summed E-state index contributed by atoms with van der Waals surface area (Å²) in [4.78, 5) is 4.85. The average molecular weight is 454 g/mol. The van der Waals surface area contributed by atoms with Crippen LogP contribution in [0.1, 0.15) is 53.2 Å². The van der Waals surface area contributed by atoms with Gasteiger partial charge < -0.3 is 13.9 Å². The molecule has 1 aliphatic heterocycles. The number of methoxy groups -OCH3 is 1. The van der Waals surface area contributed by atoms with E-state index in [-0.39, 0.29) is 28.6 Å². The van der Waals surface area contributed by atoms with Gasteiger partial charge in [-0.3, -0.25) is 0 Å². The first-order valence-corrected chi connectivity index (χ1v) is 14.4. The van der Waals surface area contributed by atoms with Crippen LogP contribution in [0, 0.1) is 11.3 Å². The molecule has 3 atom stereocenters. The van der Waals surface area contributed by atoms with Crippen LogP contribution in [0.3, 0.4) is 0 Å². The van der Waals surface area contributed by atoms with Crippen LogP contribution < -0.4 is 4.74 Å². The number of rotatable bonds is 6. The van der Waals surface area contributed by atoms with Crippen LogP contribution in [0.4, 0.5) is 5.69 Å². The van der Waals surface area contributed by atoms with Crippen molar-refractivity contribution in [1.82, 2.24) is 0 Å². The summed E-state index contributed by atoms with van der Waals surface area (Å²) in [6, 6.07) is 18.3. The molecule has 0 spiro atoms. The monoisotopic (exact) mass is 453 g/mol. The lowest BCUT2D eigenvalue weighted by Gasteiger charge is -2.51. The third-order valence-corrected chi connectivity index (χ3v) is 11.2. The van der Waals surface area contributed by atoms with Crippen molar-refractivity contribution in [2.45, 2.75) is 71.9 Å². The smallest absolute Gasteiger partial charge is 0.196 e. The lowest BCUT2D eigenvalue weighted by Crippen LogP contribution is -2.57. The topological polar surface area (TPSA) is 40.0 Å². The molecule has 32 heavy (non-hydrogen) atoms. The van der Waals surface area contributed by atoms with Crippen molar-refractivity contribution in [3.8, 4) is 5.75 Å². The van der Waals surface area contributed by atoms with Crippen LogP contribution >= 0.6 is 0 Å². The molecule has 0 amide bonds. The summed E-state index contributed by atoms with van der Waals surface area (Å²) >= 11 is 0. The molecule has 0 aliphatic carbocycles. The van der Waals surface area contributed by atoms with Crippen LogP contribution in [0.15, 0.2) is 59.6 Å². The molecule has 1 saturated heterocycles. The van der Waals surface area contributed by atoms with Gasteiger partial charge in [0.2, 0.25) is 0 Å². The van der Waals surface area contributed by atoms with Gasteiger partial charge in [-0.05, 0) is 53.4 Å². The summed E-state index contributed by atoms with van der Waals surface area (Å²) in [6.45, 7) is 18.2. The van der Waals surface area contributed by atoms with Crippen molar-refractivity contribution in [1.29, 1.82) is 0 Å². The fourth-order valence-corrected chi connectivity index (χ4v) is 5.05. The minimum Gasteiger partial charge on any atom is -0.497 e. The first-order chi connectivity index (χ1) is 14.8.